The van der Waals surface area contributed by atoms with Crippen LogP contribution in [0.1, 0.15) is 87.6 Å². The minimum Gasteiger partial charge on any atom is -0.490 e. The number of para-hydroxylation sites is 1. The second-order valence-corrected chi connectivity index (χ2v) is 11.4. The normalized spacial score (nSPS) is 15.6. The molecule has 13 nitrogen and oxygen atoms in total. The van der Waals surface area contributed by atoms with Crippen LogP contribution in [0, 0.1) is 11.7 Å². The molecule has 1 fully saturated rings. The average Bonchev–Trinajstić information content (AvgIpc) is 3.32. The fourth-order valence-electron chi connectivity index (χ4n) is 5.72. The summed E-state index contributed by atoms with van der Waals surface area (Å²) in [6.07, 6.45) is 2.15. The Bertz CT molecular complexity index is 1580. The molecule has 46 heavy (non-hydrogen) atoms. The monoisotopic (exact) mass is 643 g/mol. The summed E-state index contributed by atoms with van der Waals surface area (Å²) in [5.41, 5.74) is -0.699. The van der Waals surface area contributed by atoms with Gasteiger partial charge in [0.05, 0.1) is 18.2 Å². The second-order valence-electron chi connectivity index (χ2n) is 11.4. The average molecular weight is 644 g/mol. The fourth-order valence-corrected chi connectivity index (χ4v) is 5.72. The number of anilines is 1. The summed E-state index contributed by atoms with van der Waals surface area (Å²) in [4.78, 5) is 38.1. The first-order chi connectivity index (χ1) is 21.9. The summed E-state index contributed by atoms with van der Waals surface area (Å²) in [6, 6.07) is 8.39. The van der Waals surface area contributed by atoms with E-state index < -0.39 is 42.4 Å². The van der Waals surface area contributed by atoms with Gasteiger partial charge in [-0.1, -0.05) is 37.5 Å². The molecule has 3 unspecified atom stereocenters. The number of hydrogen-bond donors (Lipinski definition) is 3. The van der Waals surface area contributed by atoms with Gasteiger partial charge in [-0.3, -0.25) is 19.9 Å². The molecule has 3 atom stereocenters. The van der Waals surface area contributed by atoms with Crippen molar-refractivity contribution in [2.75, 3.05) is 11.9 Å². The first-order valence-corrected chi connectivity index (χ1v) is 15.4. The minimum absolute atomic E-state index is 0.0381. The lowest BCUT2D eigenvalue weighted by Gasteiger charge is -2.29. The molecule has 0 aliphatic heterocycles. The Morgan fingerprint density at radius 2 is 1.85 bits per heavy atom. The molecule has 2 amide bonds. The predicted molar refractivity (Wildman–Crippen MR) is 166 cm³/mol. The van der Waals surface area contributed by atoms with Crippen molar-refractivity contribution >= 4 is 17.7 Å². The molecule has 1 aliphatic rings. The highest BCUT2D eigenvalue weighted by molar-refractivity contribution is 5.96. The predicted octanol–water partition coefficient (Wildman–Crippen LogP) is 5.64. The van der Waals surface area contributed by atoms with Crippen LogP contribution in [-0.4, -0.2) is 60.7 Å². The number of benzene rings is 2. The van der Waals surface area contributed by atoms with Gasteiger partial charge in [-0.2, -0.15) is 4.68 Å². The highest BCUT2D eigenvalue weighted by Crippen LogP contribution is 2.33. The van der Waals surface area contributed by atoms with E-state index in [1.165, 1.54) is 23.7 Å². The van der Waals surface area contributed by atoms with Crippen molar-refractivity contribution in [1.29, 1.82) is 0 Å². The lowest BCUT2D eigenvalue weighted by Crippen LogP contribution is -2.30. The van der Waals surface area contributed by atoms with Crippen LogP contribution in [0.2, 0.25) is 0 Å². The topological polar surface area (TPSA) is 157 Å². The van der Waals surface area contributed by atoms with Crippen molar-refractivity contribution in [3.63, 3.8) is 0 Å². The third-order valence-electron chi connectivity index (χ3n) is 8.12. The standard InChI is InChI=1S/C32H42FN5O8/c1-6-44-21(4)45-20(3)29-35-38(32(42)36(29)5)27-17-28(46-19(2)22-12-8-7-9-13-22)24(16-25(27)33)30(39)37(43)18-23-14-10-11-15-26(23)34-31(40)41/h10-11,14-17,19-22,34,43H,6-9,12-13,18H2,1-5H3,(H,40,41). The molecule has 1 aliphatic carbocycles. The lowest BCUT2D eigenvalue weighted by atomic mass is 9.86. The van der Waals surface area contributed by atoms with Gasteiger partial charge in [0, 0.05) is 25.4 Å². The zero-order chi connectivity index (χ0) is 33.5. The molecule has 3 aromatic rings. The number of hydrogen-bond acceptors (Lipinski definition) is 8. The second kappa shape index (κ2) is 15.3. The molecule has 1 heterocycles. The summed E-state index contributed by atoms with van der Waals surface area (Å²) in [5, 5.41) is 27.0. The van der Waals surface area contributed by atoms with Gasteiger partial charge in [0.1, 0.15) is 23.4 Å². The van der Waals surface area contributed by atoms with Crippen LogP contribution in [0.15, 0.2) is 41.2 Å². The van der Waals surface area contributed by atoms with E-state index in [0.29, 0.717) is 17.2 Å². The van der Waals surface area contributed by atoms with E-state index in [0.717, 1.165) is 42.9 Å². The van der Waals surface area contributed by atoms with Crippen molar-refractivity contribution in [3.8, 4) is 11.4 Å². The molecule has 2 aromatic carbocycles. The van der Waals surface area contributed by atoms with E-state index in [2.05, 4.69) is 10.4 Å². The molecular formula is C32H42FN5O8. The SMILES string of the molecule is CCOC(C)OC(C)c1nn(-c2cc(OC(C)C3CCCCC3)c(C(=O)N(O)Cc3ccccc3NC(=O)O)cc2F)c(=O)n1C. The Kier molecular flexibility index (Phi) is 11.5. The van der Waals surface area contributed by atoms with Crippen molar-refractivity contribution < 1.29 is 38.5 Å². The van der Waals surface area contributed by atoms with E-state index in [-0.39, 0.29) is 40.5 Å². The summed E-state index contributed by atoms with van der Waals surface area (Å²) in [6.45, 7) is 7.13. The van der Waals surface area contributed by atoms with Gasteiger partial charge in [-0.15, -0.1) is 5.10 Å². The summed E-state index contributed by atoms with van der Waals surface area (Å²) >= 11 is 0. The van der Waals surface area contributed by atoms with Crippen LogP contribution in [0.5, 0.6) is 5.75 Å². The number of carboxylic acid groups (broad SMARTS) is 1. The molecule has 0 radical (unpaired) electrons. The van der Waals surface area contributed by atoms with Gasteiger partial charge in [0.2, 0.25) is 0 Å². The fraction of sp³-hybridized carbons (Fsp3) is 0.500. The van der Waals surface area contributed by atoms with E-state index in [1.54, 1.807) is 32.0 Å². The van der Waals surface area contributed by atoms with Gasteiger partial charge in [0.25, 0.3) is 5.91 Å². The van der Waals surface area contributed by atoms with Gasteiger partial charge >= 0.3 is 11.8 Å². The third kappa shape index (κ3) is 8.11. The number of halogens is 1. The molecule has 0 spiro atoms. The molecule has 1 saturated carbocycles. The van der Waals surface area contributed by atoms with Crippen LogP contribution >= 0.6 is 0 Å². The Morgan fingerprint density at radius 1 is 1.15 bits per heavy atom. The maximum absolute atomic E-state index is 15.9. The highest BCUT2D eigenvalue weighted by atomic mass is 19.1. The molecule has 0 saturated heterocycles. The Labute approximate surface area is 266 Å². The molecule has 0 bridgehead atoms. The van der Waals surface area contributed by atoms with Gasteiger partial charge in [-0.25, -0.2) is 19.0 Å². The maximum Gasteiger partial charge on any atom is 0.409 e. The molecule has 4 rings (SSSR count). The van der Waals surface area contributed by atoms with Crippen LogP contribution in [0.25, 0.3) is 5.69 Å². The van der Waals surface area contributed by atoms with Crippen LogP contribution < -0.4 is 15.7 Å². The summed E-state index contributed by atoms with van der Waals surface area (Å²) in [5.74, 6) is -1.56. The Hall–Kier alpha value is -4.27. The third-order valence-corrected chi connectivity index (χ3v) is 8.12. The first kappa shape index (κ1) is 34.6. The maximum atomic E-state index is 15.9. The van der Waals surface area contributed by atoms with Crippen molar-refractivity contribution in [3.05, 3.63) is 69.7 Å². The van der Waals surface area contributed by atoms with Gasteiger partial charge < -0.3 is 19.3 Å². The summed E-state index contributed by atoms with van der Waals surface area (Å²) in [7, 11) is 1.49. The zero-order valence-electron chi connectivity index (χ0n) is 26.7. The highest BCUT2D eigenvalue weighted by Gasteiger charge is 2.29. The lowest BCUT2D eigenvalue weighted by molar-refractivity contribution is -0.156. The molecule has 250 valence electrons. The van der Waals surface area contributed by atoms with Gasteiger partial charge in [0.15, 0.2) is 12.1 Å². The zero-order valence-corrected chi connectivity index (χ0v) is 26.7. The smallest absolute Gasteiger partial charge is 0.409 e. The number of nitrogens with one attached hydrogen (secondary N) is 1. The largest absolute Gasteiger partial charge is 0.490 e. The molecular weight excluding hydrogens is 601 g/mol. The number of ether oxygens (including phenoxy) is 3. The number of amides is 2. The first-order valence-electron chi connectivity index (χ1n) is 15.4. The number of carbonyl (C=O) groups is 2. The van der Waals surface area contributed by atoms with E-state index in [9.17, 15) is 19.6 Å². The molecule has 1 aromatic heterocycles. The van der Waals surface area contributed by atoms with Crippen molar-refractivity contribution in [2.45, 2.75) is 84.8 Å². The van der Waals surface area contributed by atoms with Crippen LogP contribution in [0.4, 0.5) is 14.9 Å². The van der Waals surface area contributed by atoms with Gasteiger partial charge in [-0.05, 0) is 64.2 Å². The number of aromatic nitrogens is 3. The number of carbonyl (C=O) groups excluding carboxylic acids is 1. The number of nitrogens with zero attached hydrogens (tertiary/aromatic N) is 4. The van der Waals surface area contributed by atoms with Crippen LogP contribution in [0.3, 0.4) is 0 Å². The summed E-state index contributed by atoms with van der Waals surface area (Å²) < 4.78 is 35.5. The minimum atomic E-state index is -1.31. The van der Waals surface area contributed by atoms with Crippen LogP contribution in [-0.2, 0) is 23.1 Å². The van der Waals surface area contributed by atoms with Crippen molar-refractivity contribution in [1.82, 2.24) is 19.4 Å². The van der Waals surface area contributed by atoms with Crippen molar-refractivity contribution in [2.24, 2.45) is 13.0 Å². The Morgan fingerprint density at radius 3 is 2.52 bits per heavy atom. The molecule has 3 N–H and O–H groups in total. The Balaban J connectivity index is 1.72. The van der Waals surface area contributed by atoms with E-state index >= 15 is 4.39 Å². The number of rotatable bonds is 13. The molecule has 14 heteroatoms. The number of hydroxylamine groups is 2. The van der Waals surface area contributed by atoms with E-state index in [4.69, 9.17) is 19.3 Å². The van der Waals surface area contributed by atoms with E-state index in [1.807, 2.05) is 13.8 Å². The quantitative estimate of drug-likeness (QED) is 0.122.